The van der Waals surface area contributed by atoms with Crippen molar-refractivity contribution in [2.45, 2.75) is 31.7 Å². The van der Waals surface area contributed by atoms with Gasteiger partial charge in [0.1, 0.15) is 5.82 Å². The number of amides is 3. The summed E-state index contributed by atoms with van der Waals surface area (Å²) in [5.41, 5.74) is 1.34. The van der Waals surface area contributed by atoms with Gasteiger partial charge in [-0.25, -0.2) is 4.98 Å². The third kappa shape index (κ3) is 4.46. The molecule has 8 heteroatoms. The van der Waals surface area contributed by atoms with Gasteiger partial charge >= 0.3 is 0 Å². The summed E-state index contributed by atoms with van der Waals surface area (Å²) in [6, 6.07) is 17.1. The zero-order valence-corrected chi connectivity index (χ0v) is 20.3. The average molecular weight is 484 g/mol. The number of nitrogens with zero attached hydrogens (tertiary/aromatic N) is 5. The third-order valence-electron chi connectivity index (χ3n) is 7.21. The Labute approximate surface area is 210 Å². The van der Waals surface area contributed by atoms with Gasteiger partial charge in [-0.05, 0) is 23.6 Å². The maximum atomic E-state index is 14.0. The van der Waals surface area contributed by atoms with Gasteiger partial charge in [-0.3, -0.25) is 24.3 Å². The normalized spacial score (nSPS) is 20.2. The molecule has 0 bridgehead atoms. The second-order valence-corrected chi connectivity index (χ2v) is 9.45. The summed E-state index contributed by atoms with van der Waals surface area (Å²) in [5, 5.41) is 0. The summed E-state index contributed by atoms with van der Waals surface area (Å²) in [6.45, 7) is 4.45. The molecule has 2 fully saturated rings. The number of hydrogen-bond acceptors (Lipinski definition) is 6. The van der Waals surface area contributed by atoms with Gasteiger partial charge in [0, 0.05) is 51.4 Å². The van der Waals surface area contributed by atoms with Crippen LogP contribution in [0.2, 0.25) is 0 Å². The standard InChI is InChI=1S/C28H29N5O3/c1-21-7-5-6-10-23(21)28(18-26(35)33(27(28)36)20-22-8-3-2-4-9-22)17-25(34)32-15-13-31(14-16-32)24-19-29-11-12-30-24/h2-12,19H,13-18,20H2,1H3/t28-/m0/s1. The van der Waals surface area contributed by atoms with Crippen molar-refractivity contribution in [3.8, 4) is 0 Å². The summed E-state index contributed by atoms with van der Waals surface area (Å²) in [5.74, 6) is 0.137. The smallest absolute Gasteiger partial charge is 0.241 e. The minimum atomic E-state index is -1.20. The van der Waals surface area contributed by atoms with E-state index in [1.807, 2.05) is 61.5 Å². The van der Waals surface area contributed by atoms with Gasteiger partial charge in [0.2, 0.25) is 17.7 Å². The van der Waals surface area contributed by atoms with Gasteiger partial charge in [-0.15, -0.1) is 0 Å². The number of carbonyl (C=O) groups excluding carboxylic acids is 3. The first kappa shape index (κ1) is 23.7. The molecule has 0 aliphatic carbocycles. The fourth-order valence-corrected chi connectivity index (χ4v) is 5.29. The molecule has 2 saturated heterocycles. The van der Waals surface area contributed by atoms with Crippen molar-refractivity contribution in [2.24, 2.45) is 0 Å². The van der Waals surface area contributed by atoms with Gasteiger partial charge in [-0.2, -0.15) is 0 Å². The van der Waals surface area contributed by atoms with E-state index in [1.54, 1.807) is 23.5 Å². The molecule has 8 nitrogen and oxygen atoms in total. The van der Waals surface area contributed by atoms with Crippen LogP contribution >= 0.6 is 0 Å². The van der Waals surface area contributed by atoms with Crippen molar-refractivity contribution in [1.29, 1.82) is 0 Å². The largest absolute Gasteiger partial charge is 0.352 e. The lowest BCUT2D eigenvalue weighted by atomic mass is 9.74. The Hall–Kier alpha value is -4.07. The molecule has 0 N–H and O–H groups in total. The van der Waals surface area contributed by atoms with E-state index in [4.69, 9.17) is 0 Å². The Morgan fingerprint density at radius 2 is 1.67 bits per heavy atom. The zero-order valence-electron chi connectivity index (χ0n) is 20.3. The van der Waals surface area contributed by atoms with Crippen LogP contribution in [0.3, 0.4) is 0 Å². The minimum absolute atomic E-state index is 0.00513. The number of hydrogen-bond donors (Lipinski definition) is 0. The molecule has 0 saturated carbocycles. The van der Waals surface area contributed by atoms with Crippen molar-refractivity contribution in [3.05, 3.63) is 89.9 Å². The number of rotatable bonds is 6. The average Bonchev–Trinajstić information content (AvgIpc) is 3.14. The molecule has 1 aromatic heterocycles. The Bertz CT molecular complexity index is 1260. The minimum Gasteiger partial charge on any atom is -0.352 e. The molecule has 5 rings (SSSR count). The molecule has 36 heavy (non-hydrogen) atoms. The Kier molecular flexibility index (Phi) is 6.50. The van der Waals surface area contributed by atoms with E-state index in [0.29, 0.717) is 26.2 Å². The van der Waals surface area contributed by atoms with Crippen LogP contribution in [0.5, 0.6) is 0 Å². The topological polar surface area (TPSA) is 86.7 Å². The summed E-state index contributed by atoms with van der Waals surface area (Å²) in [7, 11) is 0. The van der Waals surface area contributed by atoms with Crippen molar-refractivity contribution in [3.63, 3.8) is 0 Å². The van der Waals surface area contributed by atoms with E-state index >= 15 is 0 Å². The summed E-state index contributed by atoms with van der Waals surface area (Å²) < 4.78 is 0. The molecule has 1 atom stereocenters. The van der Waals surface area contributed by atoms with Crippen molar-refractivity contribution < 1.29 is 14.4 Å². The van der Waals surface area contributed by atoms with E-state index in [0.717, 1.165) is 22.5 Å². The number of piperazine rings is 1. The molecule has 0 radical (unpaired) electrons. The Morgan fingerprint density at radius 3 is 2.36 bits per heavy atom. The van der Waals surface area contributed by atoms with Crippen LogP contribution in [0.15, 0.2) is 73.2 Å². The maximum absolute atomic E-state index is 14.0. The monoisotopic (exact) mass is 483 g/mol. The molecular weight excluding hydrogens is 454 g/mol. The van der Waals surface area contributed by atoms with Crippen LogP contribution in [0.25, 0.3) is 0 Å². The molecule has 184 valence electrons. The molecule has 2 aliphatic rings. The van der Waals surface area contributed by atoms with Gasteiger partial charge in [0.05, 0.1) is 18.2 Å². The maximum Gasteiger partial charge on any atom is 0.241 e. The highest BCUT2D eigenvalue weighted by Crippen LogP contribution is 2.42. The number of anilines is 1. The predicted molar refractivity (Wildman–Crippen MR) is 135 cm³/mol. The second-order valence-electron chi connectivity index (χ2n) is 9.45. The fourth-order valence-electron chi connectivity index (χ4n) is 5.29. The van der Waals surface area contributed by atoms with Gasteiger partial charge in [-0.1, -0.05) is 54.6 Å². The van der Waals surface area contributed by atoms with Crippen molar-refractivity contribution in [2.75, 3.05) is 31.1 Å². The Balaban J connectivity index is 1.38. The predicted octanol–water partition coefficient (Wildman–Crippen LogP) is 2.72. The lowest BCUT2D eigenvalue weighted by Crippen LogP contribution is -2.51. The first-order valence-electron chi connectivity index (χ1n) is 12.2. The first-order valence-corrected chi connectivity index (χ1v) is 12.2. The van der Waals surface area contributed by atoms with Gasteiger partial charge in [0.25, 0.3) is 0 Å². The highest BCUT2D eigenvalue weighted by molar-refractivity contribution is 6.10. The zero-order chi connectivity index (χ0) is 25.1. The second kappa shape index (κ2) is 9.89. The highest BCUT2D eigenvalue weighted by Gasteiger charge is 2.54. The lowest BCUT2D eigenvalue weighted by Gasteiger charge is -2.37. The molecule has 0 unspecified atom stereocenters. The molecule has 2 aromatic carbocycles. The van der Waals surface area contributed by atoms with Crippen LogP contribution < -0.4 is 4.90 Å². The van der Waals surface area contributed by atoms with Crippen molar-refractivity contribution in [1.82, 2.24) is 19.8 Å². The first-order chi connectivity index (χ1) is 17.5. The van der Waals surface area contributed by atoms with E-state index < -0.39 is 5.41 Å². The highest BCUT2D eigenvalue weighted by atomic mass is 16.2. The van der Waals surface area contributed by atoms with Crippen LogP contribution in [0.4, 0.5) is 5.82 Å². The number of aromatic nitrogens is 2. The molecule has 2 aliphatic heterocycles. The SMILES string of the molecule is Cc1ccccc1[C@]1(CC(=O)N2CCN(c3cnccn3)CC2)CC(=O)N(Cc2ccccc2)C1=O. The summed E-state index contributed by atoms with van der Waals surface area (Å²) in [4.78, 5) is 54.5. The summed E-state index contributed by atoms with van der Waals surface area (Å²) in [6.07, 6.45) is 4.97. The van der Waals surface area contributed by atoms with Gasteiger partial charge in [0.15, 0.2) is 0 Å². The van der Waals surface area contributed by atoms with E-state index in [9.17, 15) is 14.4 Å². The molecule has 3 aromatic rings. The quantitative estimate of drug-likeness (QED) is 0.501. The Morgan fingerprint density at radius 1 is 0.944 bits per heavy atom. The third-order valence-corrected chi connectivity index (χ3v) is 7.21. The molecular formula is C28H29N5O3. The number of benzene rings is 2. The fraction of sp³-hybridized carbons (Fsp3) is 0.321. The molecule has 3 heterocycles. The number of carbonyl (C=O) groups is 3. The number of aryl methyl sites for hydroxylation is 1. The van der Waals surface area contributed by atoms with Gasteiger partial charge < -0.3 is 9.80 Å². The molecule has 0 spiro atoms. The van der Waals surface area contributed by atoms with Crippen LogP contribution in [-0.2, 0) is 26.3 Å². The van der Waals surface area contributed by atoms with Crippen LogP contribution in [-0.4, -0.2) is 63.7 Å². The van der Waals surface area contributed by atoms with E-state index in [1.165, 1.54) is 4.90 Å². The van der Waals surface area contributed by atoms with E-state index in [-0.39, 0.29) is 37.1 Å². The van der Waals surface area contributed by atoms with Crippen LogP contribution in [0, 0.1) is 6.92 Å². The lowest BCUT2D eigenvalue weighted by molar-refractivity contribution is -0.143. The summed E-state index contributed by atoms with van der Waals surface area (Å²) >= 11 is 0. The molecule has 3 amide bonds. The van der Waals surface area contributed by atoms with Crippen molar-refractivity contribution >= 4 is 23.5 Å². The number of imide groups is 1. The van der Waals surface area contributed by atoms with Crippen LogP contribution in [0.1, 0.15) is 29.5 Å². The van der Waals surface area contributed by atoms with E-state index in [2.05, 4.69) is 14.9 Å². The number of likely N-dealkylation sites (tertiary alicyclic amines) is 1.